The van der Waals surface area contributed by atoms with Crippen LogP contribution in [0.4, 0.5) is 0 Å². The number of hydrogen-bond acceptors (Lipinski definition) is 1. The standard InChI is InChI=1S/C13H14N2S/c16-13-14(11-5-1-2-6-11)9-10-15(13)12-7-3-4-8-12/h1-8,11-12H,9-10H2. The van der Waals surface area contributed by atoms with E-state index in [9.17, 15) is 0 Å². The summed E-state index contributed by atoms with van der Waals surface area (Å²) in [5.74, 6) is 0. The highest BCUT2D eigenvalue weighted by Gasteiger charge is 2.31. The largest absolute Gasteiger partial charge is 0.337 e. The molecule has 82 valence electrons. The summed E-state index contributed by atoms with van der Waals surface area (Å²) in [5.41, 5.74) is 0. The molecule has 0 aromatic heterocycles. The Hall–Kier alpha value is -1.35. The SMILES string of the molecule is S=C1N(C2C=CC=C2)CCN1C1C=CC=C1. The molecule has 1 aliphatic heterocycles. The zero-order valence-electron chi connectivity index (χ0n) is 8.99. The van der Waals surface area contributed by atoms with E-state index < -0.39 is 0 Å². The second-order valence-corrected chi connectivity index (χ2v) is 4.56. The van der Waals surface area contributed by atoms with Crippen LogP contribution in [0.1, 0.15) is 0 Å². The Balaban J connectivity index is 1.74. The summed E-state index contributed by atoms with van der Waals surface area (Å²) >= 11 is 5.55. The van der Waals surface area contributed by atoms with Crippen LogP contribution < -0.4 is 0 Å². The summed E-state index contributed by atoms with van der Waals surface area (Å²) in [6, 6.07) is 0.735. The molecule has 3 aliphatic rings. The van der Waals surface area contributed by atoms with Gasteiger partial charge in [-0.05, 0) is 12.2 Å². The maximum atomic E-state index is 5.55. The van der Waals surface area contributed by atoms with Crippen LogP contribution in [0, 0.1) is 0 Å². The van der Waals surface area contributed by atoms with Crippen molar-refractivity contribution in [3.05, 3.63) is 48.6 Å². The second kappa shape index (κ2) is 3.91. The van der Waals surface area contributed by atoms with E-state index in [-0.39, 0.29) is 0 Å². The Kier molecular flexibility index (Phi) is 2.40. The minimum Gasteiger partial charge on any atom is -0.337 e. The molecule has 0 amide bonds. The van der Waals surface area contributed by atoms with Crippen LogP contribution in [0.5, 0.6) is 0 Å². The van der Waals surface area contributed by atoms with Gasteiger partial charge in [0.15, 0.2) is 5.11 Å². The van der Waals surface area contributed by atoms with E-state index in [1.54, 1.807) is 0 Å². The van der Waals surface area contributed by atoms with Crippen molar-refractivity contribution in [2.45, 2.75) is 12.1 Å². The molecule has 16 heavy (non-hydrogen) atoms. The molecule has 0 aromatic rings. The summed E-state index contributed by atoms with van der Waals surface area (Å²) in [6.07, 6.45) is 17.1. The average molecular weight is 230 g/mol. The molecule has 1 heterocycles. The Bertz CT molecular complexity index is 358. The molecule has 0 atom stereocenters. The predicted molar refractivity (Wildman–Crippen MR) is 70.1 cm³/mol. The first-order valence-electron chi connectivity index (χ1n) is 5.63. The molecule has 2 nitrogen and oxygen atoms in total. The van der Waals surface area contributed by atoms with Gasteiger partial charge in [0.25, 0.3) is 0 Å². The van der Waals surface area contributed by atoms with Crippen LogP contribution in [0.25, 0.3) is 0 Å². The van der Waals surface area contributed by atoms with Crippen molar-refractivity contribution in [2.75, 3.05) is 13.1 Å². The van der Waals surface area contributed by atoms with Gasteiger partial charge in [-0.25, -0.2) is 0 Å². The van der Waals surface area contributed by atoms with Crippen LogP contribution >= 0.6 is 12.2 Å². The highest BCUT2D eigenvalue weighted by molar-refractivity contribution is 7.80. The number of nitrogens with zero attached hydrogens (tertiary/aromatic N) is 2. The lowest BCUT2D eigenvalue weighted by molar-refractivity contribution is 0.449. The molecule has 0 saturated carbocycles. The van der Waals surface area contributed by atoms with Crippen LogP contribution in [0.2, 0.25) is 0 Å². The molecule has 3 rings (SSSR count). The predicted octanol–water partition coefficient (Wildman–Crippen LogP) is 1.88. The van der Waals surface area contributed by atoms with Crippen molar-refractivity contribution in [3.8, 4) is 0 Å². The van der Waals surface area contributed by atoms with Crippen LogP contribution in [0.3, 0.4) is 0 Å². The van der Waals surface area contributed by atoms with Gasteiger partial charge in [-0.1, -0.05) is 48.6 Å². The molecule has 0 bridgehead atoms. The first-order valence-corrected chi connectivity index (χ1v) is 6.04. The Morgan fingerprint density at radius 3 is 1.56 bits per heavy atom. The van der Waals surface area contributed by atoms with E-state index in [1.807, 2.05) is 0 Å². The highest BCUT2D eigenvalue weighted by atomic mass is 32.1. The van der Waals surface area contributed by atoms with E-state index in [4.69, 9.17) is 12.2 Å². The van der Waals surface area contributed by atoms with Gasteiger partial charge in [-0.3, -0.25) is 0 Å². The van der Waals surface area contributed by atoms with Crippen molar-refractivity contribution >= 4 is 17.3 Å². The molecule has 0 aromatic carbocycles. The van der Waals surface area contributed by atoms with Crippen molar-refractivity contribution in [3.63, 3.8) is 0 Å². The Labute approximate surface area is 101 Å². The van der Waals surface area contributed by atoms with E-state index in [0.717, 1.165) is 18.2 Å². The molecule has 0 N–H and O–H groups in total. The topological polar surface area (TPSA) is 6.48 Å². The molecule has 1 saturated heterocycles. The third-order valence-electron chi connectivity index (χ3n) is 3.25. The number of allylic oxidation sites excluding steroid dienone is 4. The van der Waals surface area contributed by atoms with Crippen molar-refractivity contribution in [2.24, 2.45) is 0 Å². The molecule has 1 fully saturated rings. The number of hydrogen-bond donors (Lipinski definition) is 0. The number of thiocarbonyl (C=S) groups is 1. The van der Waals surface area contributed by atoms with Crippen LogP contribution in [0.15, 0.2) is 48.6 Å². The Morgan fingerprint density at radius 1 is 0.812 bits per heavy atom. The maximum Gasteiger partial charge on any atom is 0.173 e. The van der Waals surface area contributed by atoms with Gasteiger partial charge >= 0.3 is 0 Å². The van der Waals surface area contributed by atoms with Gasteiger partial charge in [0.1, 0.15) is 0 Å². The van der Waals surface area contributed by atoms with Gasteiger partial charge in [-0.2, -0.15) is 0 Å². The molecule has 0 spiro atoms. The highest BCUT2D eigenvalue weighted by Crippen LogP contribution is 2.21. The monoisotopic (exact) mass is 230 g/mol. The minimum absolute atomic E-state index is 0.367. The summed E-state index contributed by atoms with van der Waals surface area (Å²) in [7, 11) is 0. The van der Waals surface area contributed by atoms with E-state index >= 15 is 0 Å². The normalized spacial score (nSPS) is 24.6. The third-order valence-corrected chi connectivity index (χ3v) is 3.72. The summed E-state index contributed by atoms with van der Waals surface area (Å²) in [4.78, 5) is 4.57. The quantitative estimate of drug-likeness (QED) is 0.669. The first-order chi connectivity index (χ1) is 7.86. The molecule has 2 aliphatic carbocycles. The van der Waals surface area contributed by atoms with Crippen LogP contribution in [-0.2, 0) is 0 Å². The van der Waals surface area contributed by atoms with E-state index in [1.165, 1.54) is 0 Å². The van der Waals surface area contributed by atoms with Crippen molar-refractivity contribution < 1.29 is 0 Å². The fourth-order valence-electron chi connectivity index (χ4n) is 2.38. The number of rotatable bonds is 2. The lowest BCUT2D eigenvalue weighted by Crippen LogP contribution is -2.39. The lowest BCUT2D eigenvalue weighted by Gasteiger charge is -2.27. The molecule has 3 heteroatoms. The molecular formula is C13H14N2S. The molecular weight excluding hydrogens is 216 g/mol. The van der Waals surface area contributed by atoms with Crippen molar-refractivity contribution in [1.29, 1.82) is 0 Å². The van der Waals surface area contributed by atoms with Gasteiger partial charge in [0.05, 0.1) is 12.1 Å². The average Bonchev–Trinajstić information content (AvgIpc) is 2.96. The summed E-state index contributed by atoms with van der Waals surface area (Å²) in [5, 5.41) is 0.974. The fraction of sp³-hybridized carbons (Fsp3) is 0.308. The second-order valence-electron chi connectivity index (χ2n) is 4.19. The van der Waals surface area contributed by atoms with Gasteiger partial charge < -0.3 is 9.80 Å². The first kappa shape index (κ1) is 9.85. The fourth-order valence-corrected chi connectivity index (χ4v) is 2.81. The van der Waals surface area contributed by atoms with E-state index in [2.05, 4.69) is 58.4 Å². The van der Waals surface area contributed by atoms with Gasteiger partial charge in [0, 0.05) is 13.1 Å². The third kappa shape index (κ3) is 1.52. The van der Waals surface area contributed by atoms with Crippen LogP contribution in [-0.4, -0.2) is 40.1 Å². The molecule has 0 radical (unpaired) electrons. The van der Waals surface area contributed by atoms with E-state index in [0.29, 0.717) is 12.1 Å². The summed E-state index contributed by atoms with van der Waals surface area (Å²) < 4.78 is 0. The van der Waals surface area contributed by atoms with Crippen molar-refractivity contribution in [1.82, 2.24) is 9.80 Å². The summed E-state index contributed by atoms with van der Waals surface area (Å²) in [6.45, 7) is 2.05. The minimum atomic E-state index is 0.367. The van der Waals surface area contributed by atoms with Gasteiger partial charge in [0.2, 0.25) is 0 Å². The van der Waals surface area contributed by atoms with Gasteiger partial charge in [-0.15, -0.1) is 0 Å². The maximum absolute atomic E-state index is 5.55. The lowest BCUT2D eigenvalue weighted by atomic mass is 10.3. The molecule has 0 unspecified atom stereocenters. The smallest absolute Gasteiger partial charge is 0.173 e. The zero-order chi connectivity index (χ0) is 11.0. The Morgan fingerprint density at radius 2 is 1.19 bits per heavy atom. The zero-order valence-corrected chi connectivity index (χ0v) is 9.81.